The second-order valence-electron chi connectivity index (χ2n) is 5.07. The summed E-state index contributed by atoms with van der Waals surface area (Å²) in [6, 6.07) is 1.19. The molecule has 0 radical (unpaired) electrons. The summed E-state index contributed by atoms with van der Waals surface area (Å²) in [5.41, 5.74) is 0. The lowest BCUT2D eigenvalue weighted by molar-refractivity contribution is 0.243. The van der Waals surface area contributed by atoms with E-state index >= 15 is 0 Å². The van der Waals surface area contributed by atoms with Crippen LogP contribution in [-0.2, 0) is 10.2 Å². The van der Waals surface area contributed by atoms with Gasteiger partial charge < -0.3 is 5.32 Å². The maximum Gasteiger partial charge on any atom is 0.281 e. The van der Waals surface area contributed by atoms with Crippen LogP contribution < -0.4 is 5.32 Å². The van der Waals surface area contributed by atoms with Crippen LogP contribution in [0, 0.1) is 0 Å². The average Bonchev–Trinajstić information content (AvgIpc) is 2.56. The fourth-order valence-electron chi connectivity index (χ4n) is 2.77. The number of nitrogens with one attached hydrogen (secondary N) is 1. The molecule has 2 heterocycles. The van der Waals surface area contributed by atoms with Crippen LogP contribution in [0.2, 0.25) is 0 Å². The van der Waals surface area contributed by atoms with Crippen molar-refractivity contribution in [1.29, 1.82) is 0 Å². The van der Waals surface area contributed by atoms with Gasteiger partial charge >= 0.3 is 0 Å². The van der Waals surface area contributed by atoms with Crippen LogP contribution in [0.1, 0.15) is 25.7 Å². The van der Waals surface area contributed by atoms with Crippen molar-refractivity contribution in [3.05, 3.63) is 0 Å². The van der Waals surface area contributed by atoms with E-state index in [9.17, 15) is 8.42 Å². The molecule has 0 amide bonds. The molecule has 0 spiro atoms. The van der Waals surface area contributed by atoms with E-state index in [1.807, 2.05) is 0 Å². The Hall–Kier alpha value is -0.170. The van der Waals surface area contributed by atoms with Crippen molar-refractivity contribution in [2.45, 2.75) is 43.8 Å². The Balaban J connectivity index is 2.08. The van der Waals surface area contributed by atoms with E-state index < -0.39 is 10.2 Å². The van der Waals surface area contributed by atoms with Crippen LogP contribution in [-0.4, -0.2) is 56.3 Å². The predicted octanol–water partition coefficient (Wildman–Crippen LogP) is 0.00760. The predicted molar refractivity (Wildman–Crippen MR) is 63.3 cm³/mol. The third-order valence-corrected chi connectivity index (χ3v) is 5.74. The third kappa shape index (κ3) is 2.11. The zero-order valence-corrected chi connectivity index (χ0v) is 11.0. The maximum atomic E-state index is 12.0. The topological polar surface area (TPSA) is 52.7 Å². The molecule has 2 bridgehead atoms. The molecular weight excluding hydrogens is 226 g/mol. The lowest BCUT2D eigenvalue weighted by atomic mass is 10.0. The highest BCUT2D eigenvalue weighted by Gasteiger charge is 2.38. The Kier molecular flexibility index (Phi) is 3.27. The van der Waals surface area contributed by atoms with E-state index in [1.165, 1.54) is 17.1 Å². The van der Waals surface area contributed by atoms with Crippen LogP contribution >= 0.6 is 0 Å². The van der Waals surface area contributed by atoms with Gasteiger partial charge in [-0.05, 0) is 25.7 Å². The van der Waals surface area contributed by atoms with Crippen molar-refractivity contribution < 1.29 is 8.42 Å². The van der Waals surface area contributed by atoms with Crippen LogP contribution in [0.15, 0.2) is 0 Å². The molecule has 2 saturated heterocycles. The standard InChI is InChI=1S/C10H21N3O2S/c1-12(2)16(14,15)13(3)10-6-8-4-5-9(7-10)11-8/h8-11H,4-7H2,1-3H3. The minimum Gasteiger partial charge on any atom is -0.311 e. The number of rotatable bonds is 3. The first-order valence-corrected chi connectivity index (χ1v) is 7.22. The first kappa shape index (κ1) is 12.3. The highest BCUT2D eigenvalue weighted by molar-refractivity contribution is 7.86. The highest BCUT2D eigenvalue weighted by atomic mass is 32.2. The van der Waals surface area contributed by atoms with Gasteiger partial charge in [-0.2, -0.15) is 17.0 Å². The lowest BCUT2D eigenvalue weighted by Gasteiger charge is -2.35. The molecule has 2 rings (SSSR count). The van der Waals surface area contributed by atoms with Gasteiger partial charge in [0.25, 0.3) is 10.2 Å². The molecule has 0 aromatic carbocycles. The van der Waals surface area contributed by atoms with Crippen molar-refractivity contribution in [3.63, 3.8) is 0 Å². The van der Waals surface area contributed by atoms with E-state index in [1.54, 1.807) is 25.4 Å². The first-order valence-electron chi connectivity index (χ1n) is 5.83. The number of fused-ring (bicyclic) bond motifs is 2. The van der Waals surface area contributed by atoms with Crippen LogP contribution in [0.5, 0.6) is 0 Å². The Bertz CT molecular complexity index is 343. The Morgan fingerprint density at radius 3 is 2.00 bits per heavy atom. The van der Waals surface area contributed by atoms with Crippen molar-refractivity contribution in [2.75, 3.05) is 21.1 Å². The summed E-state index contributed by atoms with van der Waals surface area (Å²) >= 11 is 0. The summed E-state index contributed by atoms with van der Waals surface area (Å²) in [7, 11) is 1.61. The highest BCUT2D eigenvalue weighted by Crippen LogP contribution is 2.30. The van der Waals surface area contributed by atoms with Gasteiger partial charge in [0.15, 0.2) is 0 Å². The summed E-state index contributed by atoms with van der Waals surface area (Å²) in [5, 5.41) is 3.52. The van der Waals surface area contributed by atoms with Crippen molar-refractivity contribution >= 4 is 10.2 Å². The normalized spacial score (nSPS) is 34.9. The largest absolute Gasteiger partial charge is 0.311 e. The quantitative estimate of drug-likeness (QED) is 0.764. The molecule has 94 valence electrons. The SMILES string of the molecule is CN(C)S(=O)(=O)N(C)C1CC2CCC(C1)N2. The van der Waals surface area contributed by atoms with E-state index in [2.05, 4.69) is 5.32 Å². The molecule has 2 aliphatic heterocycles. The molecule has 2 aliphatic rings. The molecule has 0 aromatic rings. The molecule has 6 heteroatoms. The zero-order valence-electron chi connectivity index (χ0n) is 10.2. The summed E-state index contributed by atoms with van der Waals surface area (Å²) in [5.74, 6) is 0. The minimum atomic E-state index is -3.26. The van der Waals surface area contributed by atoms with Gasteiger partial charge in [0.2, 0.25) is 0 Å². The molecule has 5 nitrogen and oxygen atoms in total. The fourth-order valence-corrected chi connectivity index (χ4v) is 3.83. The van der Waals surface area contributed by atoms with Crippen molar-refractivity contribution in [3.8, 4) is 0 Å². The molecule has 0 aliphatic carbocycles. The Morgan fingerprint density at radius 1 is 1.06 bits per heavy atom. The van der Waals surface area contributed by atoms with Crippen LogP contribution in [0.4, 0.5) is 0 Å². The third-order valence-electron chi connectivity index (χ3n) is 3.79. The molecule has 1 N–H and O–H groups in total. The summed E-state index contributed by atoms with van der Waals surface area (Å²) in [4.78, 5) is 0. The fraction of sp³-hybridized carbons (Fsp3) is 1.00. The molecule has 16 heavy (non-hydrogen) atoms. The van der Waals surface area contributed by atoms with E-state index in [0.717, 1.165) is 12.8 Å². The van der Waals surface area contributed by atoms with E-state index in [-0.39, 0.29) is 6.04 Å². The minimum absolute atomic E-state index is 0.158. The maximum absolute atomic E-state index is 12.0. The number of hydrogen-bond acceptors (Lipinski definition) is 3. The number of piperidine rings is 1. The molecule has 0 saturated carbocycles. The molecular formula is C10H21N3O2S. The molecule has 2 atom stereocenters. The van der Waals surface area contributed by atoms with Crippen molar-refractivity contribution in [1.82, 2.24) is 13.9 Å². The van der Waals surface area contributed by atoms with Gasteiger partial charge in [-0.25, -0.2) is 0 Å². The summed E-state index contributed by atoms with van der Waals surface area (Å²) < 4.78 is 26.8. The summed E-state index contributed by atoms with van der Waals surface area (Å²) in [6.45, 7) is 0. The van der Waals surface area contributed by atoms with E-state index in [4.69, 9.17) is 0 Å². The van der Waals surface area contributed by atoms with E-state index in [0.29, 0.717) is 12.1 Å². The Labute approximate surface area is 98.0 Å². The van der Waals surface area contributed by atoms with Crippen LogP contribution in [0.25, 0.3) is 0 Å². The van der Waals surface area contributed by atoms with Gasteiger partial charge in [-0.1, -0.05) is 0 Å². The van der Waals surface area contributed by atoms with Gasteiger partial charge in [0.05, 0.1) is 0 Å². The number of nitrogens with zero attached hydrogens (tertiary/aromatic N) is 2. The molecule has 2 fully saturated rings. The van der Waals surface area contributed by atoms with Gasteiger partial charge in [0, 0.05) is 39.3 Å². The first-order chi connectivity index (χ1) is 7.41. The second-order valence-corrected chi connectivity index (χ2v) is 7.27. The average molecular weight is 247 g/mol. The van der Waals surface area contributed by atoms with Gasteiger partial charge in [0.1, 0.15) is 0 Å². The lowest BCUT2D eigenvalue weighted by Crippen LogP contribution is -2.51. The monoisotopic (exact) mass is 247 g/mol. The van der Waals surface area contributed by atoms with Crippen LogP contribution in [0.3, 0.4) is 0 Å². The van der Waals surface area contributed by atoms with Crippen molar-refractivity contribution in [2.24, 2.45) is 0 Å². The smallest absolute Gasteiger partial charge is 0.281 e. The molecule has 2 unspecified atom stereocenters. The zero-order chi connectivity index (χ0) is 11.9. The Morgan fingerprint density at radius 2 is 1.56 bits per heavy atom. The summed E-state index contributed by atoms with van der Waals surface area (Å²) in [6.07, 6.45) is 4.27. The second kappa shape index (κ2) is 4.25. The number of hydrogen-bond donors (Lipinski definition) is 1. The molecule has 0 aromatic heterocycles. The van der Waals surface area contributed by atoms with Gasteiger partial charge in [-0.15, -0.1) is 0 Å². The van der Waals surface area contributed by atoms with Gasteiger partial charge in [-0.3, -0.25) is 0 Å².